The average Bonchev–Trinajstić information content (AvgIpc) is 2.58. The molecule has 0 aliphatic heterocycles. The summed E-state index contributed by atoms with van der Waals surface area (Å²) in [6, 6.07) is 15.6. The first-order valence-electron chi connectivity index (χ1n) is 9.42. The molecule has 0 bridgehead atoms. The Labute approximate surface area is 159 Å². The van der Waals surface area contributed by atoms with Crippen molar-refractivity contribution in [1.82, 2.24) is 5.32 Å². The van der Waals surface area contributed by atoms with Crippen molar-refractivity contribution in [1.29, 1.82) is 0 Å². The molecule has 0 saturated carbocycles. The Morgan fingerprint density at radius 1 is 0.846 bits per heavy atom. The van der Waals surface area contributed by atoms with E-state index < -0.39 is 0 Å². The summed E-state index contributed by atoms with van der Waals surface area (Å²) in [5, 5.41) is 3.57. The van der Waals surface area contributed by atoms with Crippen LogP contribution in [0.15, 0.2) is 55.6 Å². The van der Waals surface area contributed by atoms with Gasteiger partial charge in [-0.3, -0.25) is 0 Å². The van der Waals surface area contributed by atoms with Crippen molar-refractivity contribution >= 4 is 11.1 Å². The smallest absolute Gasteiger partial charge is 0.0206 e. The number of rotatable bonds is 7. The molecule has 0 aromatic heterocycles. The van der Waals surface area contributed by atoms with Crippen LogP contribution in [0.5, 0.6) is 0 Å². The maximum Gasteiger partial charge on any atom is 0.0206 e. The Bertz CT molecular complexity index is 741. The van der Waals surface area contributed by atoms with Crippen molar-refractivity contribution in [3.05, 3.63) is 83.4 Å². The van der Waals surface area contributed by atoms with Crippen molar-refractivity contribution in [3.63, 3.8) is 0 Å². The number of allylic oxidation sites excluding steroid dienone is 2. The molecule has 1 N–H and O–H groups in total. The van der Waals surface area contributed by atoms with Crippen molar-refractivity contribution in [2.75, 3.05) is 6.54 Å². The van der Waals surface area contributed by atoms with Gasteiger partial charge in [-0.25, -0.2) is 0 Å². The topological polar surface area (TPSA) is 12.0 Å². The summed E-state index contributed by atoms with van der Waals surface area (Å²) in [5.41, 5.74) is 8.83. The highest BCUT2D eigenvalue weighted by Crippen LogP contribution is 2.23. The maximum absolute atomic E-state index is 4.08. The Hall–Kier alpha value is -2.12. The van der Waals surface area contributed by atoms with Crippen molar-refractivity contribution < 1.29 is 0 Å². The van der Waals surface area contributed by atoms with Gasteiger partial charge in [-0.15, -0.1) is 0 Å². The van der Waals surface area contributed by atoms with Crippen LogP contribution in [0.3, 0.4) is 0 Å². The minimum absolute atomic E-state index is 0.214. The molecule has 0 unspecified atom stereocenters. The second-order valence-electron chi connectivity index (χ2n) is 8.35. The zero-order valence-electron chi connectivity index (χ0n) is 17.1. The average molecular weight is 348 g/mol. The van der Waals surface area contributed by atoms with E-state index in [1.165, 1.54) is 27.8 Å². The van der Waals surface area contributed by atoms with Gasteiger partial charge in [0.2, 0.25) is 0 Å². The number of hydrogen-bond acceptors (Lipinski definition) is 1. The predicted molar refractivity (Wildman–Crippen MR) is 116 cm³/mol. The highest BCUT2D eigenvalue weighted by molar-refractivity contribution is 5.69. The van der Waals surface area contributed by atoms with E-state index in [0.717, 1.165) is 30.7 Å². The van der Waals surface area contributed by atoms with Gasteiger partial charge in [0, 0.05) is 6.54 Å². The molecular formula is C25H33N. The summed E-state index contributed by atoms with van der Waals surface area (Å²) in [6.07, 6.45) is 1.04. The lowest BCUT2D eigenvalue weighted by Crippen LogP contribution is -2.17. The summed E-state index contributed by atoms with van der Waals surface area (Å²) < 4.78 is 0. The Morgan fingerprint density at radius 3 is 1.85 bits per heavy atom. The third-order valence-electron chi connectivity index (χ3n) is 4.72. The van der Waals surface area contributed by atoms with Gasteiger partial charge >= 0.3 is 0 Å². The van der Waals surface area contributed by atoms with Crippen LogP contribution >= 0.6 is 0 Å². The monoisotopic (exact) mass is 347 g/mol. The third-order valence-corrected chi connectivity index (χ3v) is 4.72. The van der Waals surface area contributed by atoms with Crippen LogP contribution in [0, 0.1) is 0 Å². The Kier molecular flexibility index (Phi) is 6.61. The van der Waals surface area contributed by atoms with E-state index >= 15 is 0 Å². The molecule has 1 heteroatoms. The van der Waals surface area contributed by atoms with Gasteiger partial charge in [0.25, 0.3) is 0 Å². The molecule has 0 spiro atoms. The molecule has 0 fully saturated rings. The van der Waals surface area contributed by atoms with E-state index in [9.17, 15) is 0 Å². The second-order valence-corrected chi connectivity index (χ2v) is 8.35. The predicted octanol–water partition coefficient (Wildman–Crippen LogP) is 6.38. The summed E-state index contributed by atoms with van der Waals surface area (Å²) in [6.45, 7) is 20.8. The molecule has 0 heterocycles. The van der Waals surface area contributed by atoms with Gasteiger partial charge in [0.1, 0.15) is 0 Å². The first-order valence-corrected chi connectivity index (χ1v) is 9.42. The van der Waals surface area contributed by atoms with Gasteiger partial charge in [0.15, 0.2) is 0 Å². The second kappa shape index (κ2) is 8.51. The van der Waals surface area contributed by atoms with Crippen LogP contribution in [-0.4, -0.2) is 6.54 Å². The maximum atomic E-state index is 4.08. The largest absolute Gasteiger partial charge is 0.312 e. The van der Waals surface area contributed by atoms with Crippen LogP contribution in [0.1, 0.15) is 62.4 Å². The molecule has 26 heavy (non-hydrogen) atoms. The third kappa shape index (κ3) is 5.71. The lowest BCUT2D eigenvalue weighted by atomic mass is 9.86. The van der Waals surface area contributed by atoms with Gasteiger partial charge < -0.3 is 5.32 Å². The molecule has 2 rings (SSSR count). The quantitative estimate of drug-likeness (QED) is 0.573. The fourth-order valence-electron chi connectivity index (χ4n) is 2.92. The minimum Gasteiger partial charge on any atom is -0.312 e. The molecule has 0 atom stereocenters. The highest BCUT2D eigenvalue weighted by Gasteiger charge is 2.12. The minimum atomic E-state index is 0.214. The molecule has 2 aromatic carbocycles. The van der Waals surface area contributed by atoms with Gasteiger partial charge in [0.05, 0.1) is 0 Å². The van der Waals surface area contributed by atoms with E-state index in [1.54, 1.807) is 0 Å². The van der Waals surface area contributed by atoms with Crippen molar-refractivity contribution in [3.8, 4) is 0 Å². The van der Waals surface area contributed by atoms with Gasteiger partial charge in [-0.2, -0.15) is 0 Å². The van der Waals surface area contributed by atoms with E-state index in [-0.39, 0.29) is 5.41 Å². The Morgan fingerprint density at radius 2 is 1.38 bits per heavy atom. The summed E-state index contributed by atoms with van der Waals surface area (Å²) >= 11 is 0. The fourth-order valence-corrected chi connectivity index (χ4v) is 2.92. The van der Waals surface area contributed by atoms with E-state index in [2.05, 4.69) is 95.6 Å². The van der Waals surface area contributed by atoms with Gasteiger partial charge in [-0.05, 0) is 66.1 Å². The summed E-state index contributed by atoms with van der Waals surface area (Å²) in [7, 11) is 0. The zero-order valence-corrected chi connectivity index (χ0v) is 17.1. The SMILES string of the molecule is C=C(C)c1cc(CNCCc2ccc(C(C)(C)C)cc2)cc(C(=C)C)c1. The lowest BCUT2D eigenvalue weighted by Gasteiger charge is -2.19. The molecule has 0 radical (unpaired) electrons. The fraction of sp³-hybridized carbons (Fsp3) is 0.360. The molecule has 0 aliphatic rings. The summed E-state index contributed by atoms with van der Waals surface area (Å²) in [5.74, 6) is 0. The van der Waals surface area contributed by atoms with Crippen LogP contribution in [0.25, 0.3) is 11.1 Å². The first-order chi connectivity index (χ1) is 12.2. The van der Waals surface area contributed by atoms with Crippen LogP contribution < -0.4 is 5.32 Å². The molecule has 138 valence electrons. The molecular weight excluding hydrogens is 314 g/mol. The highest BCUT2D eigenvalue weighted by atomic mass is 14.8. The van der Waals surface area contributed by atoms with E-state index in [4.69, 9.17) is 0 Å². The van der Waals surface area contributed by atoms with Crippen LogP contribution in [0.2, 0.25) is 0 Å². The standard InChI is InChI=1S/C25H33N/c1-18(2)22-14-21(15-23(16-22)19(3)4)17-26-13-12-20-8-10-24(11-9-20)25(5,6)7/h8-11,14-16,26H,1,3,12-13,17H2,2,4-7H3. The normalized spacial score (nSPS) is 11.4. The molecule has 0 aliphatic carbocycles. The zero-order chi connectivity index (χ0) is 19.3. The number of nitrogens with one attached hydrogen (secondary N) is 1. The van der Waals surface area contributed by atoms with Crippen molar-refractivity contribution in [2.45, 2.75) is 53.0 Å². The molecule has 2 aromatic rings. The van der Waals surface area contributed by atoms with Gasteiger partial charge in [-0.1, -0.05) is 81.5 Å². The number of hydrogen-bond donors (Lipinski definition) is 1. The van der Waals surface area contributed by atoms with Crippen molar-refractivity contribution in [2.24, 2.45) is 0 Å². The van der Waals surface area contributed by atoms with Crippen LogP contribution in [-0.2, 0) is 18.4 Å². The molecule has 0 amide bonds. The van der Waals surface area contributed by atoms with E-state index in [1.807, 2.05) is 0 Å². The first kappa shape index (κ1) is 20.2. The van der Waals surface area contributed by atoms with E-state index in [0.29, 0.717) is 0 Å². The lowest BCUT2D eigenvalue weighted by molar-refractivity contribution is 0.589. The molecule has 0 saturated heterocycles. The Balaban J connectivity index is 1.93. The number of benzene rings is 2. The van der Waals surface area contributed by atoms with Crippen LogP contribution in [0.4, 0.5) is 0 Å². The summed E-state index contributed by atoms with van der Waals surface area (Å²) in [4.78, 5) is 0. The molecule has 1 nitrogen and oxygen atoms in total.